The number of nitrogens with zero attached hydrogens (tertiary/aromatic N) is 5. The zero-order valence-electron chi connectivity index (χ0n) is 15.4. The van der Waals surface area contributed by atoms with E-state index in [9.17, 15) is 9.59 Å². The number of rotatable bonds is 6. The van der Waals surface area contributed by atoms with Crippen molar-refractivity contribution in [3.63, 3.8) is 0 Å². The number of aromatic nitrogens is 3. The third kappa shape index (κ3) is 4.02. The molecule has 0 unspecified atom stereocenters. The minimum atomic E-state index is -0.0632. The first-order valence-corrected chi connectivity index (χ1v) is 9.65. The van der Waals surface area contributed by atoms with Gasteiger partial charge < -0.3 is 9.80 Å². The maximum atomic E-state index is 12.9. The van der Waals surface area contributed by atoms with Gasteiger partial charge in [0.2, 0.25) is 11.8 Å². The molecular formula is C20H25N5O2. The van der Waals surface area contributed by atoms with E-state index >= 15 is 0 Å². The van der Waals surface area contributed by atoms with E-state index < -0.39 is 0 Å². The largest absolute Gasteiger partial charge is 0.340 e. The second-order valence-electron chi connectivity index (χ2n) is 7.44. The molecule has 0 spiro atoms. The molecule has 0 aliphatic carbocycles. The quantitative estimate of drug-likeness (QED) is 0.779. The number of carbonyl (C=O) groups excluding carboxylic acids is 2. The van der Waals surface area contributed by atoms with E-state index in [1.807, 2.05) is 28.0 Å². The van der Waals surface area contributed by atoms with Crippen LogP contribution < -0.4 is 0 Å². The molecule has 0 saturated carbocycles. The monoisotopic (exact) mass is 367 g/mol. The fourth-order valence-electron chi connectivity index (χ4n) is 4.13. The summed E-state index contributed by atoms with van der Waals surface area (Å²) in [5, 5.41) is 4.06. The summed E-state index contributed by atoms with van der Waals surface area (Å²) >= 11 is 0. The molecule has 3 aliphatic heterocycles. The predicted octanol–water partition coefficient (Wildman–Crippen LogP) is 1.71. The molecule has 142 valence electrons. The fraction of sp³-hybridized carbons (Fsp3) is 0.500. The SMILES string of the molecule is O=C(CCCn1cncn1)N1C[C@@H]2CC[C@H](C1)N(Cc1ccccc1)C2=O. The fourth-order valence-corrected chi connectivity index (χ4v) is 4.13. The summed E-state index contributed by atoms with van der Waals surface area (Å²) in [7, 11) is 0. The van der Waals surface area contributed by atoms with Crippen LogP contribution in [0.4, 0.5) is 0 Å². The molecule has 0 radical (unpaired) electrons. The highest BCUT2D eigenvalue weighted by Crippen LogP contribution is 2.30. The minimum Gasteiger partial charge on any atom is -0.340 e. The number of aryl methyl sites for hydroxylation is 1. The number of carbonyl (C=O) groups is 2. The molecular weight excluding hydrogens is 342 g/mol. The van der Waals surface area contributed by atoms with E-state index in [-0.39, 0.29) is 23.8 Å². The lowest BCUT2D eigenvalue weighted by molar-refractivity contribution is -0.140. The molecule has 2 amide bonds. The smallest absolute Gasteiger partial charge is 0.228 e. The van der Waals surface area contributed by atoms with Crippen LogP contribution in [0.25, 0.3) is 0 Å². The van der Waals surface area contributed by atoms with Gasteiger partial charge in [0.25, 0.3) is 0 Å². The van der Waals surface area contributed by atoms with Crippen LogP contribution >= 0.6 is 0 Å². The van der Waals surface area contributed by atoms with Crippen LogP contribution in [-0.2, 0) is 22.7 Å². The normalized spacial score (nSPS) is 22.1. The predicted molar refractivity (Wildman–Crippen MR) is 99.3 cm³/mol. The van der Waals surface area contributed by atoms with Crippen LogP contribution in [-0.4, -0.2) is 55.5 Å². The lowest BCUT2D eigenvalue weighted by Gasteiger charge is -2.36. The molecule has 3 saturated heterocycles. The number of amides is 2. The Morgan fingerprint density at radius 2 is 2.00 bits per heavy atom. The molecule has 1 aromatic heterocycles. The van der Waals surface area contributed by atoms with E-state index in [4.69, 9.17) is 0 Å². The zero-order chi connectivity index (χ0) is 18.6. The number of fused-ring (bicyclic) bond motifs is 4. The molecule has 1 aromatic carbocycles. The van der Waals surface area contributed by atoms with Crippen molar-refractivity contribution in [2.45, 2.75) is 44.8 Å². The Hall–Kier alpha value is -2.70. The van der Waals surface area contributed by atoms with Gasteiger partial charge in [0.15, 0.2) is 0 Å². The van der Waals surface area contributed by atoms with Crippen LogP contribution in [0.3, 0.4) is 0 Å². The summed E-state index contributed by atoms with van der Waals surface area (Å²) in [5.74, 6) is 0.279. The first-order chi connectivity index (χ1) is 13.2. The summed E-state index contributed by atoms with van der Waals surface area (Å²) in [5.41, 5.74) is 1.14. The molecule has 0 N–H and O–H groups in total. The van der Waals surface area contributed by atoms with Gasteiger partial charge in [-0.1, -0.05) is 30.3 Å². The third-order valence-corrected chi connectivity index (χ3v) is 5.59. The molecule has 3 fully saturated rings. The van der Waals surface area contributed by atoms with Crippen molar-refractivity contribution in [1.29, 1.82) is 0 Å². The summed E-state index contributed by atoms with van der Waals surface area (Å²) in [6.45, 7) is 2.53. The van der Waals surface area contributed by atoms with Gasteiger partial charge >= 0.3 is 0 Å². The molecule has 2 aromatic rings. The maximum Gasteiger partial charge on any atom is 0.228 e. The Kier molecular flexibility index (Phi) is 5.18. The maximum absolute atomic E-state index is 12.9. The Morgan fingerprint density at radius 1 is 1.15 bits per heavy atom. The second-order valence-corrected chi connectivity index (χ2v) is 7.44. The standard InChI is InChI=1S/C20H25N5O2/c26-19(7-4-10-24-15-21-14-22-24)23-12-17-8-9-18(13-23)25(20(17)27)11-16-5-2-1-3-6-16/h1-3,5-6,14-15,17-18H,4,7-13H2/t17-,18+/m0/s1. The van der Waals surface area contributed by atoms with Gasteiger partial charge in [0.1, 0.15) is 12.7 Å². The van der Waals surface area contributed by atoms with Crippen molar-refractivity contribution in [2.75, 3.05) is 13.1 Å². The van der Waals surface area contributed by atoms with Crippen molar-refractivity contribution in [1.82, 2.24) is 24.6 Å². The Labute approximate surface area is 159 Å². The van der Waals surface area contributed by atoms with Gasteiger partial charge in [-0.05, 0) is 24.8 Å². The number of piperidine rings is 1. The van der Waals surface area contributed by atoms with Crippen LogP contribution in [0.15, 0.2) is 43.0 Å². The van der Waals surface area contributed by atoms with Crippen LogP contribution in [0.2, 0.25) is 0 Å². The summed E-state index contributed by atoms with van der Waals surface area (Å²) in [6, 6.07) is 10.2. The van der Waals surface area contributed by atoms with Gasteiger partial charge in [-0.3, -0.25) is 14.3 Å². The van der Waals surface area contributed by atoms with Gasteiger partial charge in [-0.2, -0.15) is 5.10 Å². The highest BCUT2D eigenvalue weighted by molar-refractivity contribution is 5.83. The summed E-state index contributed by atoms with van der Waals surface area (Å²) in [4.78, 5) is 33.5. The molecule has 5 rings (SSSR count). The topological polar surface area (TPSA) is 71.3 Å². The average molecular weight is 367 g/mol. The van der Waals surface area contributed by atoms with E-state index in [1.165, 1.54) is 6.33 Å². The molecule has 2 bridgehead atoms. The van der Waals surface area contributed by atoms with Crippen LogP contribution in [0, 0.1) is 5.92 Å². The van der Waals surface area contributed by atoms with Crippen molar-refractivity contribution in [2.24, 2.45) is 5.92 Å². The van der Waals surface area contributed by atoms with E-state index in [0.29, 0.717) is 32.6 Å². The van der Waals surface area contributed by atoms with E-state index in [2.05, 4.69) is 22.2 Å². The Balaban J connectivity index is 1.38. The lowest BCUT2D eigenvalue weighted by atomic mass is 9.93. The number of benzene rings is 1. The van der Waals surface area contributed by atoms with Crippen molar-refractivity contribution < 1.29 is 9.59 Å². The first-order valence-electron chi connectivity index (χ1n) is 9.65. The van der Waals surface area contributed by atoms with E-state index in [0.717, 1.165) is 24.8 Å². The second kappa shape index (κ2) is 7.90. The molecule has 3 aliphatic rings. The Bertz CT molecular complexity index is 777. The Morgan fingerprint density at radius 3 is 2.78 bits per heavy atom. The van der Waals surface area contributed by atoms with E-state index in [1.54, 1.807) is 11.0 Å². The van der Waals surface area contributed by atoms with Gasteiger partial charge in [-0.25, -0.2) is 4.98 Å². The van der Waals surface area contributed by atoms with Gasteiger partial charge in [0.05, 0.1) is 5.92 Å². The summed E-state index contributed by atoms with van der Waals surface area (Å²) < 4.78 is 1.74. The van der Waals surface area contributed by atoms with Crippen molar-refractivity contribution in [3.8, 4) is 0 Å². The van der Waals surface area contributed by atoms with Gasteiger partial charge in [-0.15, -0.1) is 0 Å². The first kappa shape index (κ1) is 17.7. The number of hydrogen-bond acceptors (Lipinski definition) is 4. The van der Waals surface area contributed by atoms with Crippen LogP contribution in [0.5, 0.6) is 0 Å². The van der Waals surface area contributed by atoms with Crippen LogP contribution in [0.1, 0.15) is 31.2 Å². The molecule has 7 heteroatoms. The summed E-state index contributed by atoms with van der Waals surface area (Å²) in [6.07, 6.45) is 6.24. The highest BCUT2D eigenvalue weighted by Gasteiger charge is 2.41. The van der Waals surface area contributed by atoms with Crippen molar-refractivity contribution >= 4 is 11.8 Å². The van der Waals surface area contributed by atoms with Crippen molar-refractivity contribution in [3.05, 3.63) is 48.5 Å². The third-order valence-electron chi connectivity index (χ3n) is 5.59. The molecule has 7 nitrogen and oxygen atoms in total. The molecule has 4 heterocycles. The average Bonchev–Trinajstić information content (AvgIpc) is 3.05. The highest BCUT2D eigenvalue weighted by atomic mass is 16.2. The molecule has 2 atom stereocenters. The minimum absolute atomic E-state index is 0.0632. The lowest BCUT2D eigenvalue weighted by Crippen LogP contribution is -2.47. The van der Waals surface area contributed by atoms with Gasteiger partial charge in [0, 0.05) is 38.6 Å². The molecule has 27 heavy (non-hydrogen) atoms. The number of hydrogen-bond donors (Lipinski definition) is 0. The zero-order valence-corrected chi connectivity index (χ0v) is 15.4.